The van der Waals surface area contributed by atoms with Crippen molar-refractivity contribution in [3.8, 4) is 0 Å². The van der Waals surface area contributed by atoms with Crippen LogP contribution >= 0.6 is 0 Å². The zero-order valence-corrected chi connectivity index (χ0v) is 10.1. The van der Waals surface area contributed by atoms with E-state index in [0.29, 0.717) is 13.0 Å². The zero-order chi connectivity index (χ0) is 11.7. The summed E-state index contributed by atoms with van der Waals surface area (Å²) in [5.41, 5.74) is 0. The molecule has 0 bridgehead atoms. The summed E-state index contributed by atoms with van der Waals surface area (Å²) in [6, 6.07) is 0.0915. The van der Waals surface area contributed by atoms with Crippen LogP contribution in [0.4, 0.5) is 0 Å². The second-order valence-electron chi connectivity index (χ2n) is 4.82. The number of hydrogen-bond donors (Lipinski definition) is 1. The summed E-state index contributed by atoms with van der Waals surface area (Å²) < 4.78 is 16.3. The SMILES string of the molecule is C[C@H]1O[C@@H](OC[C@H]2CO2)C[C@@H](N(C)C)[C@@H]1O. The highest BCUT2D eigenvalue weighted by molar-refractivity contribution is 4.86. The van der Waals surface area contributed by atoms with Crippen molar-refractivity contribution in [1.29, 1.82) is 0 Å². The lowest BCUT2D eigenvalue weighted by atomic mass is 9.99. The third-order valence-corrected chi connectivity index (χ3v) is 3.21. The number of nitrogens with zero attached hydrogens (tertiary/aromatic N) is 1. The van der Waals surface area contributed by atoms with Crippen LogP contribution in [-0.4, -0.2) is 68.0 Å². The molecular weight excluding hydrogens is 210 g/mol. The van der Waals surface area contributed by atoms with Crippen LogP contribution in [0.3, 0.4) is 0 Å². The maximum Gasteiger partial charge on any atom is 0.159 e. The van der Waals surface area contributed by atoms with Crippen molar-refractivity contribution in [3.05, 3.63) is 0 Å². The number of aliphatic hydroxyl groups excluding tert-OH is 1. The van der Waals surface area contributed by atoms with Gasteiger partial charge < -0.3 is 24.2 Å². The highest BCUT2D eigenvalue weighted by Gasteiger charge is 2.37. The van der Waals surface area contributed by atoms with E-state index in [0.717, 1.165) is 6.61 Å². The Bertz CT molecular complexity index is 232. The van der Waals surface area contributed by atoms with Gasteiger partial charge in [-0.3, -0.25) is 0 Å². The van der Waals surface area contributed by atoms with Gasteiger partial charge in [-0.05, 0) is 21.0 Å². The van der Waals surface area contributed by atoms with Gasteiger partial charge in [0.15, 0.2) is 6.29 Å². The Morgan fingerprint density at radius 3 is 2.69 bits per heavy atom. The summed E-state index contributed by atoms with van der Waals surface area (Å²) in [6.45, 7) is 3.26. The molecule has 0 saturated carbocycles. The predicted molar refractivity (Wildman–Crippen MR) is 58.1 cm³/mol. The molecule has 0 unspecified atom stereocenters. The van der Waals surface area contributed by atoms with E-state index >= 15 is 0 Å². The van der Waals surface area contributed by atoms with Crippen molar-refractivity contribution in [2.75, 3.05) is 27.3 Å². The Morgan fingerprint density at radius 1 is 1.44 bits per heavy atom. The van der Waals surface area contributed by atoms with Crippen LogP contribution in [0, 0.1) is 0 Å². The van der Waals surface area contributed by atoms with Crippen molar-refractivity contribution in [1.82, 2.24) is 4.90 Å². The monoisotopic (exact) mass is 231 g/mol. The average molecular weight is 231 g/mol. The minimum atomic E-state index is -0.452. The molecule has 1 N–H and O–H groups in total. The fourth-order valence-electron chi connectivity index (χ4n) is 2.03. The minimum absolute atomic E-state index is 0.0915. The molecule has 0 aromatic rings. The zero-order valence-electron chi connectivity index (χ0n) is 10.1. The molecule has 0 aliphatic carbocycles. The Hall–Kier alpha value is -0.200. The standard InChI is InChI=1S/C11H21NO4/c1-7-11(13)9(12(2)3)4-10(16-7)15-6-8-5-14-8/h7-11,13H,4-6H2,1-3H3/t7-,8-,9-,10-,11-/m1/s1. The molecule has 0 aromatic heterocycles. The van der Waals surface area contributed by atoms with E-state index in [9.17, 15) is 5.11 Å². The van der Waals surface area contributed by atoms with Crippen molar-refractivity contribution in [2.24, 2.45) is 0 Å². The van der Waals surface area contributed by atoms with Gasteiger partial charge in [0.2, 0.25) is 0 Å². The van der Waals surface area contributed by atoms with Crippen LogP contribution in [0.15, 0.2) is 0 Å². The van der Waals surface area contributed by atoms with Crippen molar-refractivity contribution >= 4 is 0 Å². The van der Waals surface area contributed by atoms with Crippen LogP contribution in [0.5, 0.6) is 0 Å². The number of epoxide rings is 1. The molecule has 16 heavy (non-hydrogen) atoms. The van der Waals surface area contributed by atoms with E-state index in [1.807, 2.05) is 25.9 Å². The molecule has 5 atom stereocenters. The second kappa shape index (κ2) is 4.98. The molecule has 0 aromatic carbocycles. The van der Waals surface area contributed by atoms with Gasteiger partial charge in [0, 0.05) is 12.5 Å². The van der Waals surface area contributed by atoms with Crippen molar-refractivity contribution in [2.45, 2.75) is 44.0 Å². The molecule has 2 fully saturated rings. The molecule has 5 nitrogen and oxygen atoms in total. The molecule has 2 aliphatic heterocycles. The van der Waals surface area contributed by atoms with Crippen LogP contribution in [0.1, 0.15) is 13.3 Å². The van der Waals surface area contributed by atoms with Crippen molar-refractivity contribution in [3.63, 3.8) is 0 Å². The largest absolute Gasteiger partial charge is 0.389 e. The fraction of sp³-hybridized carbons (Fsp3) is 1.00. The number of rotatable bonds is 4. The third kappa shape index (κ3) is 2.93. The van der Waals surface area contributed by atoms with E-state index in [2.05, 4.69) is 0 Å². The van der Waals surface area contributed by atoms with Gasteiger partial charge in [-0.1, -0.05) is 0 Å². The van der Waals surface area contributed by atoms with Gasteiger partial charge in [0.05, 0.1) is 25.4 Å². The maximum absolute atomic E-state index is 9.97. The first-order chi connectivity index (χ1) is 7.58. The molecule has 2 heterocycles. The van der Waals surface area contributed by atoms with E-state index in [1.54, 1.807) is 0 Å². The first-order valence-electron chi connectivity index (χ1n) is 5.81. The summed E-state index contributed by atoms with van der Waals surface area (Å²) in [6.07, 6.45) is 0.0856. The Labute approximate surface area is 96.3 Å². The molecule has 0 amide bonds. The first-order valence-corrected chi connectivity index (χ1v) is 5.81. The second-order valence-corrected chi connectivity index (χ2v) is 4.82. The molecular formula is C11H21NO4. The smallest absolute Gasteiger partial charge is 0.159 e. The molecule has 94 valence electrons. The fourth-order valence-corrected chi connectivity index (χ4v) is 2.03. The molecule has 5 heteroatoms. The third-order valence-electron chi connectivity index (χ3n) is 3.21. The summed E-state index contributed by atoms with van der Waals surface area (Å²) in [4.78, 5) is 2.02. The maximum atomic E-state index is 9.97. The quantitative estimate of drug-likeness (QED) is 0.681. The van der Waals surface area contributed by atoms with Gasteiger partial charge >= 0.3 is 0 Å². The van der Waals surface area contributed by atoms with Crippen LogP contribution in [0.2, 0.25) is 0 Å². The van der Waals surface area contributed by atoms with Crippen LogP contribution in [0.25, 0.3) is 0 Å². The summed E-state index contributed by atoms with van der Waals surface area (Å²) in [5.74, 6) is 0. The van der Waals surface area contributed by atoms with Crippen molar-refractivity contribution < 1.29 is 19.3 Å². The lowest BCUT2D eigenvalue weighted by molar-refractivity contribution is -0.235. The Kier molecular flexibility index (Phi) is 3.81. The lowest BCUT2D eigenvalue weighted by Gasteiger charge is -2.40. The lowest BCUT2D eigenvalue weighted by Crippen LogP contribution is -2.53. The van der Waals surface area contributed by atoms with Gasteiger partial charge in [-0.15, -0.1) is 0 Å². The van der Waals surface area contributed by atoms with E-state index in [1.165, 1.54) is 0 Å². The summed E-state index contributed by atoms with van der Waals surface area (Å²) in [5, 5.41) is 9.97. The van der Waals surface area contributed by atoms with E-state index in [-0.39, 0.29) is 24.5 Å². The Balaban J connectivity index is 1.84. The molecule has 2 rings (SSSR count). The van der Waals surface area contributed by atoms with Gasteiger partial charge in [0.25, 0.3) is 0 Å². The summed E-state index contributed by atoms with van der Waals surface area (Å²) in [7, 11) is 3.93. The van der Waals surface area contributed by atoms with E-state index < -0.39 is 6.10 Å². The van der Waals surface area contributed by atoms with Gasteiger partial charge in [-0.2, -0.15) is 0 Å². The minimum Gasteiger partial charge on any atom is -0.389 e. The number of likely N-dealkylation sites (N-methyl/N-ethyl adjacent to an activating group) is 1. The Morgan fingerprint density at radius 2 is 2.12 bits per heavy atom. The van der Waals surface area contributed by atoms with Crippen LogP contribution < -0.4 is 0 Å². The van der Waals surface area contributed by atoms with Gasteiger partial charge in [-0.25, -0.2) is 0 Å². The molecule has 0 radical (unpaired) electrons. The van der Waals surface area contributed by atoms with E-state index in [4.69, 9.17) is 14.2 Å². The van der Waals surface area contributed by atoms with Crippen LogP contribution in [-0.2, 0) is 14.2 Å². The average Bonchev–Trinajstić information content (AvgIpc) is 3.02. The highest BCUT2D eigenvalue weighted by Crippen LogP contribution is 2.24. The molecule has 0 spiro atoms. The molecule has 2 saturated heterocycles. The number of aliphatic hydroxyl groups is 1. The highest BCUT2D eigenvalue weighted by atomic mass is 16.7. The number of ether oxygens (including phenoxy) is 3. The normalized spacial score (nSPS) is 43.7. The first kappa shape index (κ1) is 12.3. The predicted octanol–water partition coefficient (Wildman–Crippen LogP) is -0.172. The topological polar surface area (TPSA) is 54.5 Å². The summed E-state index contributed by atoms with van der Waals surface area (Å²) >= 11 is 0. The molecule has 2 aliphatic rings. The number of hydrogen-bond acceptors (Lipinski definition) is 5. The van der Waals surface area contributed by atoms with Gasteiger partial charge in [0.1, 0.15) is 6.10 Å².